The van der Waals surface area contributed by atoms with Crippen molar-refractivity contribution in [3.8, 4) is 0 Å². The summed E-state index contributed by atoms with van der Waals surface area (Å²) < 4.78 is 11.9. The predicted molar refractivity (Wildman–Crippen MR) is 114 cm³/mol. The number of carbonyl (C=O) groups excluding carboxylic acids is 3. The third kappa shape index (κ3) is 3.27. The van der Waals surface area contributed by atoms with Crippen molar-refractivity contribution in [2.24, 2.45) is 28.6 Å². The number of ketones is 1. The van der Waals surface area contributed by atoms with E-state index in [2.05, 4.69) is 20.8 Å². The third-order valence-corrected chi connectivity index (χ3v) is 7.71. The lowest BCUT2D eigenvalue weighted by molar-refractivity contribution is -0.201. The van der Waals surface area contributed by atoms with Crippen molar-refractivity contribution < 1.29 is 23.9 Å². The van der Waals surface area contributed by atoms with Crippen LogP contribution in [0.25, 0.3) is 0 Å². The van der Waals surface area contributed by atoms with Gasteiger partial charge in [-0.05, 0) is 52.5 Å². The summed E-state index contributed by atoms with van der Waals surface area (Å²) in [4.78, 5) is 38.2. The summed E-state index contributed by atoms with van der Waals surface area (Å²) in [7, 11) is 0. The number of esters is 2. The van der Waals surface area contributed by atoms with Crippen molar-refractivity contribution in [2.45, 2.75) is 74.0 Å². The molecule has 5 nitrogen and oxygen atoms in total. The van der Waals surface area contributed by atoms with Crippen molar-refractivity contribution >= 4 is 17.7 Å². The zero-order chi connectivity index (χ0) is 22.6. The molecule has 0 saturated heterocycles. The van der Waals surface area contributed by atoms with Crippen LogP contribution in [-0.2, 0) is 23.9 Å². The molecule has 0 amide bonds. The molecule has 0 N–H and O–H groups in total. The fraction of sp³-hybridized carbons (Fsp3) is 0.640. The van der Waals surface area contributed by atoms with E-state index in [1.807, 2.05) is 20.8 Å². The van der Waals surface area contributed by atoms with Crippen LogP contribution in [0.3, 0.4) is 0 Å². The summed E-state index contributed by atoms with van der Waals surface area (Å²) in [6.07, 6.45) is 4.37. The van der Waals surface area contributed by atoms with E-state index < -0.39 is 29.0 Å². The average molecular weight is 415 g/mol. The Kier molecular flexibility index (Phi) is 5.63. The van der Waals surface area contributed by atoms with Crippen molar-refractivity contribution in [3.63, 3.8) is 0 Å². The minimum atomic E-state index is -0.509. The molecule has 0 aromatic heterocycles. The molecule has 0 spiro atoms. The highest BCUT2D eigenvalue weighted by Crippen LogP contribution is 2.72. The number of hydrogen-bond donors (Lipinski definition) is 0. The van der Waals surface area contributed by atoms with Gasteiger partial charge in [-0.2, -0.15) is 0 Å². The monoisotopic (exact) mass is 414 g/mol. The summed E-state index contributed by atoms with van der Waals surface area (Å²) in [6, 6.07) is 0. The van der Waals surface area contributed by atoms with E-state index >= 15 is 0 Å². The van der Waals surface area contributed by atoms with E-state index in [4.69, 9.17) is 9.47 Å². The first-order valence-electron chi connectivity index (χ1n) is 10.8. The highest BCUT2D eigenvalue weighted by Gasteiger charge is 2.74. The largest absolute Gasteiger partial charge is 0.458 e. The van der Waals surface area contributed by atoms with Gasteiger partial charge in [0.25, 0.3) is 0 Å². The fourth-order valence-electron chi connectivity index (χ4n) is 6.05. The lowest BCUT2D eigenvalue weighted by atomic mass is 9.37. The Morgan fingerprint density at radius 3 is 2.23 bits per heavy atom. The molecule has 0 aliphatic heterocycles. The van der Waals surface area contributed by atoms with E-state index in [-0.39, 0.29) is 29.5 Å². The van der Waals surface area contributed by atoms with Gasteiger partial charge in [-0.15, -0.1) is 0 Å². The Morgan fingerprint density at radius 2 is 1.70 bits per heavy atom. The number of ether oxygens (including phenoxy) is 2. The molecule has 4 bridgehead atoms. The molecule has 4 rings (SSSR count). The SMILES string of the molecule is C/C=C(\C)C(=O)O[C@@H]1C[C@@H](OC(=O)C=C(C)C)[C@@]2(C)[C@@H]3C(=O)C=C(C)[C@H]2[C@@H]3C1(C)C. The first-order valence-corrected chi connectivity index (χ1v) is 10.8. The molecule has 5 heteroatoms. The Balaban J connectivity index is 2.05. The average Bonchev–Trinajstić information content (AvgIpc) is 2.72. The van der Waals surface area contributed by atoms with Crippen molar-refractivity contribution in [1.29, 1.82) is 0 Å². The lowest BCUT2D eigenvalue weighted by Crippen LogP contribution is -2.67. The van der Waals surface area contributed by atoms with E-state index in [0.717, 1.165) is 11.1 Å². The van der Waals surface area contributed by atoms with Gasteiger partial charge in [-0.25, -0.2) is 9.59 Å². The van der Waals surface area contributed by atoms with Crippen molar-refractivity contribution in [3.05, 3.63) is 34.9 Å². The number of fused-ring (bicyclic) bond motifs is 3. The Bertz CT molecular complexity index is 870. The van der Waals surface area contributed by atoms with E-state index in [0.29, 0.717) is 12.0 Å². The Hall–Kier alpha value is -2.17. The van der Waals surface area contributed by atoms with Gasteiger partial charge in [-0.1, -0.05) is 38.0 Å². The van der Waals surface area contributed by atoms with Crippen LogP contribution in [-0.4, -0.2) is 29.9 Å². The molecule has 164 valence electrons. The van der Waals surface area contributed by atoms with Crippen LogP contribution in [0.4, 0.5) is 0 Å². The quantitative estimate of drug-likeness (QED) is 0.498. The van der Waals surface area contributed by atoms with Gasteiger partial charge in [0.1, 0.15) is 12.2 Å². The summed E-state index contributed by atoms with van der Waals surface area (Å²) in [5.41, 5.74) is 1.51. The zero-order valence-corrected chi connectivity index (χ0v) is 19.4. The molecule has 3 saturated carbocycles. The number of hydrogen-bond acceptors (Lipinski definition) is 5. The van der Waals surface area contributed by atoms with E-state index in [9.17, 15) is 14.4 Å². The van der Waals surface area contributed by atoms with Crippen LogP contribution in [0.5, 0.6) is 0 Å². The minimum Gasteiger partial charge on any atom is -0.458 e. The van der Waals surface area contributed by atoms with Gasteiger partial charge in [0, 0.05) is 34.8 Å². The highest BCUT2D eigenvalue weighted by molar-refractivity contribution is 5.97. The molecule has 0 aromatic carbocycles. The molecule has 0 aromatic rings. The summed E-state index contributed by atoms with van der Waals surface area (Å²) in [6.45, 7) is 15.4. The first-order chi connectivity index (χ1) is 13.8. The van der Waals surface area contributed by atoms with Gasteiger partial charge in [0.05, 0.1) is 0 Å². The predicted octanol–water partition coefficient (Wildman–Crippen LogP) is 4.57. The Morgan fingerprint density at radius 1 is 1.07 bits per heavy atom. The molecule has 0 heterocycles. The van der Waals surface area contributed by atoms with Crippen LogP contribution in [0.1, 0.15) is 61.8 Å². The zero-order valence-electron chi connectivity index (χ0n) is 19.4. The molecule has 0 radical (unpaired) electrons. The molecule has 4 aliphatic rings. The fourth-order valence-corrected chi connectivity index (χ4v) is 6.05. The highest BCUT2D eigenvalue weighted by atomic mass is 16.6. The van der Waals surface area contributed by atoms with Crippen molar-refractivity contribution in [1.82, 2.24) is 0 Å². The summed E-state index contributed by atoms with van der Waals surface area (Å²) in [5, 5.41) is 0. The van der Waals surface area contributed by atoms with Crippen LogP contribution >= 0.6 is 0 Å². The van der Waals surface area contributed by atoms with Crippen LogP contribution in [0.2, 0.25) is 0 Å². The molecular weight excluding hydrogens is 380 g/mol. The normalized spacial score (nSPS) is 36.7. The third-order valence-electron chi connectivity index (χ3n) is 7.71. The van der Waals surface area contributed by atoms with Gasteiger partial charge in [0.15, 0.2) is 5.78 Å². The number of allylic oxidation sites excluding steroid dienone is 4. The number of rotatable bonds is 4. The van der Waals surface area contributed by atoms with Gasteiger partial charge >= 0.3 is 11.9 Å². The van der Waals surface area contributed by atoms with Crippen molar-refractivity contribution in [2.75, 3.05) is 0 Å². The lowest BCUT2D eigenvalue weighted by Gasteiger charge is -2.65. The van der Waals surface area contributed by atoms with Crippen LogP contribution in [0, 0.1) is 28.6 Å². The second-order valence-corrected chi connectivity index (χ2v) is 10.2. The van der Waals surface area contributed by atoms with Gasteiger partial charge < -0.3 is 9.47 Å². The molecule has 30 heavy (non-hydrogen) atoms. The maximum absolute atomic E-state index is 13.0. The maximum Gasteiger partial charge on any atom is 0.333 e. The van der Waals surface area contributed by atoms with Crippen LogP contribution in [0.15, 0.2) is 34.9 Å². The van der Waals surface area contributed by atoms with Gasteiger partial charge in [-0.3, -0.25) is 4.79 Å². The van der Waals surface area contributed by atoms with Crippen LogP contribution < -0.4 is 0 Å². The second-order valence-electron chi connectivity index (χ2n) is 10.2. The standard InChI is InChI=1S/C25H34O5/c1-9-14(4)23(28)30-17-12-18(29-19(27)10-13(2)3)25(8)20-15(5)11-16(26)21(25)22(20)24(17,6)7/h9-11,17-18,20-22H,12H2,1-8H3/b14-9+/t17-,18-,20+,21-,22+,25-/m1/s1. The minimum absolute atomic E-state index is 0.0517. The topological polar surface area (TPSA) is 69.7 Å². The van der Waals surface area contributed by atoms with E-state index in [1.54, 1.807) is 26.0 Å². The molecular formula is C25H34O5. The number of carbonyl (C=O) groups is 3. The Labute approximate surface area is 179 Å². The smallest absolute Gasteiger partial charge is 0.333 e. The van der Waals surface area contributed by atoms with E-state index in [1.165, 1.54) is 6.08 Å². The van der Waals surface area contributed by atoms with Gasteiger partial charge in [0.2, 0.25) is 0 Å². The molecule has 6 atom stereocenters. The summed E-state index contributed by atoms with van der Waals surface area (Å²) in [5.74, 6) is -0.751. The molecule has 0 unspecified atom stereocenters. The first kappa shape index (κ1) is 22.5. The molecule has 4 aliphatic carbocycles. The summed E-state index contributed by atoms with van der Waals surface area (Å²) >= 11 is 0. The second kappa shape index (κ2) is 7.51. The molecule has 3 fully saturated rings. The maximum atomic E-state index is 13.0.